The average Bonchev–Trinajstić information content (AvgIpc) is 2.91. The van der Waals surface area contributed by atoms with Crippen LogP contribution in [0.4, 0.5) is 29.3 Å². The van der Waals surface area contributed by atoms with Gasteiger partial charge in [0.1, 0.15) is 17.2 Å². The molecule has 0 fully saturated rings. The lowest BCUT2D eigenvalue weighted by atomic mass is 10.1. The number of fused-ring (bicyclic) bond motifs is 1. The van der Waals surface area contributed by atoms with Crippen LogP contribution >= 0.6 is 0 Å². The number of urea groups is 1. The van der Waals surface area contributed by atoms with Crippen LogP contribution in [0.1, 0.15) is 5.56 Å². The number of para-hydroxylation sites is 1. The number of hydroxylamine groups is 1. The molecule has 3 N–H and O–H groups in total. The van der Waals surface area contributed by atoms with E-state index in [0.29, 0.717) is 22.4 Å². The Balaban J connectivity index is 1.61. The summed E-state index contributed by atoms with van der Waals surface area (Å²) in [7, 11) is 1.53. The first-order chi connectivity index (χ1) is 18.2. The molecule has 4 aromatic rings. The summed E-state index contributed by atoms with van der Waals surface area (Å²) in [6.07, 6.45) is -3.78. The van der Waals surface area contributed by atoms with Gasteiger partial charge in [-0.05, 0) is 48.5 Å². The van der Waals surface area contributed by atoms with Crippen molar-refractivity contribution in [2.45, 2.75) is 12.7 Å². The zero-order chi connectivity index (χ0) is 27.3. The molecule has 1 aromatic heterocycles. The van der Waals surface area contributed by atoms with Gasteiger partial charge < -0.3 is 25.4 Å². The van der Waals surface area contributed by atoms with Crippen LogP contribution in [0.3, 0.4) is 0 Å². The third kappa shape index (κ3) is 5.93. The Kier molecular flexibility index (Phi) is 7.63. The minimum absolute atomic E-state index is 0.155. The molecule has 196 valence electrons. The highest BCUT2D eigenvalue weighted by Crippen LogP contribution is 2.34. The predicted octanol–water partition coefficient (Wildman–Crippen LogP) is 5.55. The van der Waals surface area contributed by atoms with E-state index in [0.717, 1.165) is 5.56 Å². The van der Waals surface area contributed by atoms with E-state index in [1.807, 2.05) is 0 Å². The van der Waals surface area contributed by atoms with E-state index in [9.17, 15) is 22.8 Å². The van der Waals surface area contributed by atoms with E-state index in [1.165, 1.54) is 43.5 Å². The number of hydrogen-bond donors (Lipinski definition) is 2. The molecule has 38 heavy (non-hydrogen) atoms. The molecule has 3 aromatic carbocycles. The zero-order valence-corrected chi connectivity index (χ0v) is 19.9. The molecule has 0 bridgehead atoms. The minimum atomic E-state index is -5.32. The van der Waals surface area contributed by atoms with Crippen LogP contribution < -0.4 is 25.6 Å². The number of hydrogen-bond acceptors (Lipinski definition) is 7. The SMILES string of the molecule is COc1cc2nccc(Oc3ccc(N(OC(=O)C(F)(F)F)C(=O)Nc4ccccc4)cc3)c2cc1CN. The molecule has 0 saturated heterocycles. The zero-order valence-electron chi connectivity index (χ0n) is 19.9. The van der Waals surface area contributed by atoms with Crippen LogP contribution in [-0.2, 0) is 16.2 Å². The molecule has 12 heteroatoms. The summed E-state index contributed by atoms with van der Waals surface area (Å²) in [5, 5.41) is 3.25. The fourth-order valence-electron chi connectivity index (χ4n) is 3.45. The number of carbonyl (C=O) groups is 2. The maximum absolute atomic E-state index is 12.9. The number of aromatic nitrogens is 1. The van der Waals surface area contributed by atoms with Gasteiger partial charge in [0, 0.05) is 35.4 Å². The Hall–Kier alpha value is -4.84. The molecule has 0 aliphatic rings. The van der Waals surface area contributed by atoms with E-state index in [4.69, 9.17) is 15.2 Å². The Bertz CT molecular complexity index is 1450. The Morgan fingerprint density at radius 2 is 1.71 bits per heavy atom. The number of carbonyl (C=O) groups excluding carboxylic acids is 2. The number of methoxy groups -OCH3 is 1. The van der Waals surface area contributed by atoms with Crippen molar-refractivity contribution in [3.63, 3.8) is 0 Å². The molecule has 1 heterocycles. The number of amides is 2. The second-order valence-corrected chi connectivity index (χ2v) is 7.76. The van der Waals surface area contributed by atoms with Crippen molar-refractivity contribution in [1.29, 1.82) is 0 Å². The van der Waals surface area contributed by atoms with Crippen molar-refractivity contribution in [3.8, 4) is 17.2 Å². The molecule has 0 saturated carbocycles. The number of alkyl halides is 3. The van der Waals surface area contributed by atoms with Gasteiger partial charge in [0.25, 0.3) is 0 Å². The van der Waals surface area contributed by atoms with Gasteiger partial charge in [-0.25, -0.2) is 9.59 Å². The average molecular weight is 526 g/mol. The third-order valence-corrected chi connectivity index (χ3v) is 5.24. The fourth-order valence-corrected chi connectivity index (χ4v) is 3.45. The number of anilines is 2. The summed E-state index contributed by atoms with van der Waals surface area (Å²) >= 11 is 0. The first kappa shape index (κ1) is 26.2. The maximum atomic E-state index is 12.9. The van der Waals surface area contributed by atoms with Crippen molar-refractivity contribution in [2.24, 2.45) is 5.73 Å². The summed E-state index contributed by atoms with van der Waals surface area (Å²) in [6, 6.07) is 17.3. The Labute approximate surface area is 214 Å². The first-order valence-corrected chi connectivity index (χ1v) is 11.1. The highest BCUT2D eigenvalue weighted by atomic mass is 19.4. The fraction of sp³-hybridized carbons (Fsp3) is 0.115. The number of nitrogens with two attached hydrogens (primary N) is 1. The van der Waals surface area contributed by atoms with Gasteiger partial charge in [-0.15, -0.1) is 5.06 Å². The number of nitrogens with one attached hydrogen (secondary N) is 1. The van der Waals surface area contributed by atoms with E-state index in [1.54, 1.807) is 42.6 Å². The standard InChI is InChI=1S/C26H21F3N4O5/c1-36-23-14-21-20(13-16(23)15-30)22(11-12-31-21)37-19-9-7-18(8-10-19)33(38-24(34)26(27,28)29)25(35)32-17-5-3-2-4-6-17/h2-14H,15,30H2,1H3,(H,32,35). The van der Waals surface area contributed by atoms with Crippen LogP contribution in [0, 0.1) is 0 Å². The van der Waals surface area contributed by atoms with Crippen molar-refractivity contribution in [2.75, 3.05) is 17.5 Å². The second kappa shape index (κ2) is 11.0. The van der Waals surface area contributed by atoms with Gasteiger partial charge in [0.15, 0.2) is 0 Å². The maximum Gasteiger partial charge on any atom is 0.493 e. The summed E-state index contributed by atoms with van der Waals surface area (Å²) in [5.41, 5.74) is 7.27. The molecule has 0 spiro atoms. The lowest BCUT2D eigenvalue weighted by Gasteiger charge is -2.22. The van der Waals surface area contributed by atoms with Gasteiger partial charge in [-0.2, -0.15) is 13.2 Å². The van der Waals surface area contributed by atoms with E-state index >= 15 is 0 Å². The topological polar surface area (TPSA) is 116 Å². The van der Waals surface area contributed by atoms with Crippen LogP contribution in [0.2, 0.25) is 0 Å². The quantitative estimate of drug-likeness (QED) is 0.316. The molecular weight excluding hydrogens is 505 g/mol. The monoisotopic (exact) mass is 526 g/mol. The van der Waals surface area contributed by atoms with E-state index < -0.39 is 18.2 Å². The molecule has 0 unspecified atom stereocenters. The first-order valence-electron chi connectivity index (χ1n) is 11.1. The molecule has 4 rings (SSSR count). The van der Waals surface area contributed by atoms with Gasteiger partial charge >= 0.3 is 18.2 Å². The van der Waals surface area contributed by atoms with Crippen LogP contribution in [-0.4, -0.2) is 30.3 Å². The van der Waals surface area contributed by atoms with Crippen molar-refractivity contribution in [3.05, 3.63) is 84.6 Å². The molecular formula is C26H21F3N4O5. The highest BCUT2D eigenvalue weighted by Gasteiger charge is 2.43. The summed E-state index contributed by atoms with van der Waals surface area (Å²) in [6.45, 7) is 0.222. The number of benzene rings is 3. The van der Waals surface area contributed by atoms with Crippen LogP contribution in [0.5, 0.6) is 17.2 Å². The normalized spacial score (nSPS) is 11.1. The van der Waals surface area contributed by atoms with Gasteiger partial charge in [-0.3, -0.25) is 4.98 Å². The Morgan fingerprint density at radius 3 is 2.34 bits per heavy atom. The molecule has 9 nitrogen and oxygen atoms in total. The smallest absolute Gasteiger partial charge is 0.493 e. The molecule has 0 aliphatic carbocycles. The van der Waals surface area contributed by atoms with Gasteiger partial charge in [0.2, 0.25) is 0 Å². The third-order valence-electron chi connectivity index (χ3n) is 5.24. The lowest BCUT2D eigenvalue weighted by Crippen LogP contribution is -2.41. The van der Waals surface area contributed by atoms with Gasteiger partial charge in [-0.1, -0.05) is 18.2 Å². The van der Waals surface area contributed by atoms with E-state index in [-0.39, 0.29) is 28.7 Å². The number of pyridine rings is 1. The van der Waals surface area contributed by atoms with E-state index in [2.05, 4.69) is 15.1 Å². The lowest BCUT2D eigenvalue weighted by molar-refractivity contribution is -0.199. The Morgan fingerprint density at radius 1 is 1.00 bits per heavy atom. The second-order valence-electron chi connectivity index (χ2n) is 7.76. The highest BCUT2D eigenvalue weighted by molar-refractivity contribution is 6.01. The summed E-state index contributed by atoms with van der Waals surface area (Å²) in [4.78, 5) is 32.9. The predicted molar refractivity (Wildman–Crippen MR) is 133 cm³/mol. The largest absolute Gasteiger partial charge is 0.496 e. The van der Waals surface area contributed by atoms with Crippen LogP contribution in [0.15, 0.2) is 79.0 Å². The molecule has 2 amide bonds. The number of nitrogens with zero attached hydrogens (tertiary/aromatic N) is 2. The molecule has 0 radical (unpaired) electrons. The summed E-state index contributed by atoms with van der Waals surface area (Å²) < 4.78 is 49.9. The van der Waals surface area contributed by atoms with Crippen molar-refractivity contribution < 1.29 is 37.1 Å². The minimum Gasteiger partial charge on any atom is -0.496 e. The van der Waals surface area contributed by atoms with Gasteiger partial charge in [0.05, 0.1) is 18.3 Å². The number of rotatable bonds is 6. The summed E-state index contributed by atoms with van der Waals surface area (Å²) in [5.74, 6) is -1.26. The number of halogens is 3. The van der Waals surface area contributed by atoms with Crippen molar-refractivity contribution >= 4 is 34.3 Å². The van der Waals surface area contributed by atoms with Crippen molar-refractivity contribution in [1.82, 2.24) is 4.98 Å². The number of ether oxygens (including phenoxy) is 2. The molecule has 0 aliphatic heterocycles. The van der Waals surface area contributed by atoms with Crippen LogP contribution in [0.25, 0.3) is 10.9 Å². The molecule has 0 atom stereocenters.